The summed E-state index contributed by atoms with van der Waals surface area (Å²) in [6.45, 7) is 2.59. The number of rotatable bonds is 6. The topological polar surface area (TPSA) is 88.5 Å². The van der Waals surface area contributed by atoms with Crippen molar-refractivity contribution in [2.45, 2.75) is 25.9 Å². The number of para-hydroxylation sites is 2. The van der Waals surface area contributed by atoms with Gasteiger partial charge in [-0.3, -0.25) is 9.89 Å². The number of hydrogen-bond donors (Lipinski definition) is 2. The Morgan fingerprint density at radius 3 is 3.04 bits per heavy atom. The van der Waals surface area contributed by atoms with Crippen molar-refractivity contribution in [2.24, 2.45) is 0 Å². The van der Waals surface area contributed by atoms with E-state index < -0.39 is 0 Å². The summed E-state index contributed by atoms with van der Waals surface area (Å²) in [4.78, 5) is 21.2. The fourth-order valence-electron chi connectivity index (χ4n) is 2.86. The predicted molar refractivity (Wildman–Crippen MR) is 100 cm³/mol. The number of fused-ring (bicyclic) bond motifs is 1. The van der Waals surface area contributed by atoms with E-state index in [0.717, 1.165) is 28.2 Å². The molecule has 8 heteroatoms. The Morgan fingerprint density at radius 1 is 1.35 bits per heavy atom. The van der Waals surface area contributed by atoms with Crippen LogP contribution in [0.5, 0.6) is 0 Å². The third-order valence-corrected chi connectivity index (χ3v) is 5.08. The zero-order chi connectivity index (χ0) is 17.9. The molecule has 132 valence electrons. The van der Waals surface area contributed by atoms with Gasteiger partial charge < -0.3 is 9.88 Å². The molecule has 0 radical (unpaired) electrons. The smallest absolute Gasteiger partial charge is 0.272 e. The van der Waals surface area contributed by atoms with Crippen LogP contribution in [0.2, 0.25) is 0 Å². The summed E-state index contributed by atoms with van der Waals surface area (Å²) in [6.07, 6.45) is 4.31. The van der Waals surface area contributed by atoms with Crippen LogP contribution in [0.1, 0.15) is 40.6 Å². The zero-order valence-corrected chi connectivity index (χ0v) is 15.0. The average Bonchev–Trinajstić information content (AvgIpc) is 3.41. The molecule has 3 heterocycles. The minimum absolute atomic E-state index is 0.0970. The molecule has 0 saturated carbocycles. The summed E-state index contributed by atoms with van der Waals surface area (Å²) in [7, 11) is 0. The molecule has 1 unspecified atom stereocenters. The molecule has 1 aromatic carbocycles. The number of carbonyl (C=O) groups is 1. The standard InChI is InChI=1S/C18H18N6OS/c1-2-13(18-19-7-8-26-18)21-17(25)15-9-12(22-23-15)10-24-11-20-14-5-3-4-6-16(14)24/h3-9,11,13H,2,10H2,1H3,(H,21,25)(H,22,23). The lowest BCUT2D eigenvalue weighted by atomic mass is 10.2. The second-order valence-electron chi connectivity index (χ2n) is 5.94. The molecule has 1 atom stereocenters. The van der Waals surface area contributed by atoms with Gasteiger partial charge in [-0.1, -0.05) is 19.1 Å². The van der Waals surface area contributed by atoms with E-state index in [9.17, 15) is 4.79 Å². The van der Waals surface area contributed by atoms with Gasteiger partial charge in [0, 0.05) is 11.6 Å². The van der Waals surface area contributed by atoms with Gasteiger partial charge in [0.15, 0.2) is 0 Å². The van der Waals surface area contributed by atoms with Gasteiger partial charge >= 0.3 is 0 Å². The van der Waals surface area contributed by atoms with Crippen LogP contribution in [0.15, 0.2) is 48.2 Å². The molecule has 3 aromatic heterocycles. The molecule has 0 aliphatic carbocycles. The fourth-order valence-corrected chi connectivity index (χ4v) is 3.63. The monoisotopic (exact) mass is 366 g/mol. The lowest BCUT2D eigenvalue weighted by Gasteiger charge is -2.13. The van der Waals surface area contributed by atoms with Gasteiger partial charge in [0.25, 0.3) is 5.91 Å². The maximum atomic E-state index is 12.5. The molecular weight excluding hydrogens is 348 g/mol. The molecule has 0 fully saturated rings. The number of aromatic nitrogens is 5. The van der Waals surface area contributed by atoms with Gasteiger partial charge in [0.2, 0.25) is 0 Å². The van der Waals surface area contributed by atoms with Gasteiger partial charge in [-0.25, -0.2) is 9.97 Å². The van der Waals surface area contributed by atoms with Crippen molar-refractivity contribution in [3.05, 3.63) is 64.6 Å². The van der Waals surface area contributed by atoms with Crippen molar-refractivity contribution in [3.63, 3.8) is 0 Å². The Bertz CT molecular complexity index is 1020. The predicted octanol–water partition coefficient (Wildman–Crippen LogP) is 3.15. The van der Waals surface area contributed by atoms with Crippen molar-refractivity contribution in [2.75, 3.05) is 0 Å². The van der Waals surface area contributed by atoms with Crippen molar-refractivity contribution in [1.29, 1.82) is 0 Å². The third-order valence-electron chi connectivity index (χ3n) is 4.19. The third kappa shape index (κ3) is 3.23. The Kier molecular flexibility index (Phi) is 4.49. The maximum absolute atomic E-state index is 12.5. The second-order valence-corrected chi connectivity index (χ2v) is 6.87. The normalized spacial score (nSPS) is 12.3. The van der Waals surface area contributed by atoms with E-state index in [1.807, 2.05) is 41.1 Å². The SMILES string of the molecule is CCC(NC(=O)c1cc(Cn2cnc3ccccc32)[nH]n1)c1nccs1. The Morgan fingerprint density at radius 2 is 2.23 bits per heavy atom. The zero-order valence-electron chi connectivity index (χ0n) is 14.2. The van der Waals surface area contributed by atoms with Crippen LogP contribution in [0.3, 0.4) is 0 Å². The van der Waals surface area contributed by atoms with E-state index in [4.69, 9.17) is 0 Å². The van der Waals surface area contributed by atoms with Crippen LogP contribution in [0.4, 0.5) is 0 Å². The van der Waals surface area contributed by atoms with Gasteiger partial charge in [-0.2, -0.15) is 5.10 Å². The highest BCUT2D eigenvalue weighted by molar-refractivity contribution is 7.09. The van der Waals surface area contributed by atoms with E-state index in [2.05, 4.69) is 25.5 Å². The number of thiazole rings is 1. The summed E-state index contributed by atoms with van der Waals surface area (Å²) in [5.41, 5.74) is 3.21. The molecule has 0 bridgehead atoms. The van der Waals surface area contributed by atoms with E-state index >= 15 is 0 Å². The number of nitrogens with one attached hydrogen (secondary N) is 2. The molecule has 4 rings (SSSR count). The van der Waals surface area contributed by atoms with Crippen LogP contribution >= 0.6 is 11.3 Å². The number of nitrogens with zero attached hydrogens (tertiary/aromatic N) is 4. The molecule has 4 aromatic rings. The van der Waals surface area contributed by atoms with E-state index in [1.54, 1.807) is 18.6 Å². The maximum Gasteiger partial charge on any atom is 0.272 e. The van der Waals surface area contributed by atoms with Crippen molar-refractivity contribution in [1.82, 2.24) is 30.0 Å². The van der Waals surface area contributed by atoms with Crippen LogP contribution in [-0.4, -0.2) is 30.6 Å². The minimum Gasteiger partial charge on any atom is -0.341 e. The Balaban J connectivity index is 1.48. The molecule has 0 saturated heterocycles. The van der Waals surface area contributed by atoms with Crippen molar-refractivity contribution in [3.8, 4) is 0 Å². The fraction of sp³-hybridized carbons (Fsp3) is 0.222. The first kappa shape index (κ1) is 16.5. The molecule has 7 nitrogen and oxygen atoms in total. The largest absolute Gasteiger partial charge is 0.341 e. The van der Waals surface area contributed by atoms with Crippen LogP contribution in [0.25, 0.3) is 11.0 Å². The number of hydrogen-bond acceptors (Lipinski definition) is 5. The lowest BCUT2D eigenvalue weighted by Crippen LogP contribution is -2.28. The summed E-state index contributed by atoms with van der Waals surface area (Å²) < 4.78 is 2.02. The quantitative estimate of drug-likeness (QED) is 0.549. The molecule has 0 aliphatic rings. The number of benzene rings is 1. The molecule has 1 amide bonds. The molecule has 0 aliphatic heterocycles. The Labute approximate surface area is 154 Å². The van der Waals surface area contributed by atoms with Crippen LogP contribution < -0.4 is 5.32 Å². The lowest BCUT2D eigenvalue weighted by molar-refractivity contribution is 0.0930. The summed E-state index contributed by atoms with van der Waals surface area (Å²) in [6, 6.07) is 9.62. The minimum atomic E-state index is -0.204. The molecule has 0 spiro atoms. The number of imidazole rings is 1. The van der Waals surface area contributed by atoms with E-state index in [-0.39, 0.29) is 11.9 Å². The number of H-pyrrole nitrogens is 1. The van der Waals surface area contributed by atoms with Crippen LogP contribution in [-0.2, 0) is 6.54 Å². The number of amides is 1. The van der Waals surface area contributed by atoms with Crippen LogP contribution in [0, 0.1) is 0 Å². The highest BCUT2D eigenvalue weighted by atomic mass is 32.1. The van der Waals surface area contributed by atoms with Gasteiger partial charge in [0.1, 0.15) is 10.7 Å². The van der Waals surface area contributed by atoms with E-state index in [0.29, 0.717) is 12.2 Å². The van der Waals surface area contributed by atoms with Gasteiger partial charge in [-0.15, -0.1) is 11.3 Å². The Hall–Kier alpha value is -3.00. The average molecular weight is 366 g/mol. The number of carbonyl (C=O) groups excluding carboxylic acids is 1. The summed E-state index contributed by atoms with van der Waals surface area (Å²) >= 11 is 1.54. The first-order valence-corrected chi connectivity index (χ1v) is 9.27. The van der Waals surface area contributed by atoms with Gasteiger partial charge in [0.05, 0.1) is 35.6 Å². The van der Waals surface area contributed by atoms with Crippen molar-refractivity contribution < 1.29 is 4.79 Å². The van der Waals surface area contributed by atoms with E-state index in [1.165, 1.54) is 11.3 Å². The number of aromatic amines is 1. The molecular formula is C18H18N6OS. The summed E-state index contributed by atoms with van der Waals surface area (Å²) in [5.74, 6) is -0.204. The molecule has 26 heavy (non-hydrogen) atoms. The first-order valence-electron chi connectivity index (χ1n) is 8.39. The highest BCUT2D eigenvalue weighted by Gasteiger charge is 2.18. The summed E-state index contributed by atoms with van der Waals surface area (Å²) in [5, 5.41) is 12.9. The second kappa shape index (κ2) is 7.09. The van der Waals surface area contributed by atoms with Crippen molar-refractivity contribution >= 4 is 28.3 Å². The first-order chi connectivity index (χ1) is 12.7. The molecule has 2 N–H and O–H groups in total. The van der Waals surface area contributed by atoms with Gasteiger partial charge in [-0.05, 0) is 24.6 Å². The highest BCUT2D eigenvalue weighted by Crippen LogP contribution is 2.19.